The fourth-order valence-corrected chi connectivity index (χ4v) is 3.99. The maximum Gasteiger partial charge on any atom is 0.244 e. The number of halogens is 1. The van der Waals surface area contributed by atoms with Gasteiger partial charge in [-0.05, 0) is 32.1 Å². The van der Waals surface area contributed by atoms with Gasteiger partial charge in [0.2, 0.25) is 10.0 Å². The van der Waals surface area contributed by atoms with Crippen LogP contribution in [-0.2, 0) is 10.0 Å². The molecule has 0 radical (unpaired) electrons. The summed E-state index contributed by atoms with van der Waals surface area (Å²) in [6.07, 6.45) is 1.66. The van der Waals surface area contributed by atoms with E-state index in [2.05, 4.69) is 14.9 Å². The second-order valence-corrected chi connectivity index (χ2v) is 6.90. The summed E-state index contributed by atoms with van der Waals surface area (Å²) in [7, 11) is -3.54. The monoisotopic (exact) mass is 307 g/mol. The lowest BCUT2D eigenvalue weighted by Gasteiger charge is -2.29. The number of nitrogens with one attached hydrogen (secondary N) is 2. The standard InChI is InChI=1S/C12H22ClN3O2S/c1-5-12(6-2,7-13)8-14-19(17,18)11-9(3)15-16-10(11)4/h14H,5-8H2,1-4H3,(H,15,16). The zero-order valence-electron chi connectivity index (χ0n) is 11.9. The summed E-state index contributed by atoms with van der Waals surface area (Å²) < 4.78 is 27.3. The van der Waals surface area contributed by atoms with Gasteiger partial charge in [0.05, 0.1) is 11.4 Å². The number of nitrogens with zero attached hydrogens (tertiary/aromatic N) is 1. The van der Waals surface area contributed by atoms with Crippen LogP contribution in [0.5, 0.6) is 0 Å². The van der Waals surface area contributed by atoms with E-state index in [0.29, 0.717) is 23.8 Å². The number of sulfonamides is 1. The van der Waals surface area contributed by atoms with Gasteiger partial charge in [0.15, 0.2) is 0 Å². The first kappa shape index (κ1) is 16.5. The number of H-pyrrole nitrogens is 1. The Bertz CT molecular complexity index is 493. The van der Waals surface area contributed by atoms with Gasteiger partial charge in [-0.2, -0.15) is 5.10 Å². The van der Waals surface area contributed by atoms with Crippen molar-refractivity contribution in [1.29, 1.82) is 0 Å². The van der Waals surface area contributed by atoms with Crippen molar-refractivity contribution in [3.05, 3.63) is 11.4 Å². The van der Waals surface area contributed by atoms with Gasteiger partial charge in [-0.3, -0.25) is 5.10 Å². The zero-order chi connectivity index (χ0) is 14.7. The molecule has 1 rings (SSSR count). The lowest BCUT2D eigenvalue weighted by molar-refractivity contribution is 0.304. The van der Waals surface area contributed by atoms with Crippen molar-refractivity contribution >= 4 is 21.6 Å². The summed E-state index contributed by atoms with van der Waals surface area (Å²) in [5.74, 6) is 0.436. The normalized spacial score (nSPS) is 12.9. The minimum atomic E-state index is -3.54. The summed E-state index contributed by atoms with van der Waals surface area (Å²) in [6.45, 7) is 7.76. The average molecular weight is 308 g/mol. The van der Waals surface area contributed by atoms with E-state index in [1.165, 1.54) is 0 Å². The maximum absolute atomic E-state index is 12.3. The molecule has 0 aliphatic heterocycles. The Hall–Kier alpha value is -0.590. The smallest absolute Gasteiger partial charge is 0.244 e. The molecule has 0 aliphatic carbocycles. The van der Waals surface area contributed by atoms with Crippen LogP contribution in [-0.4, -0.2) is 31.0 Å². The first-order chi connectivity index (χ1) is 8.82. The Morgan fingerprint density at radius 2 is 1.89 bits per heavy atom. The minimum absolute atomic E-state index is 0.194. The van der Waals surface area contributed by atoms with E-state index in [1.807, 2.05) is 13.8 Å². The number of alkyl halides is 1. The molecule has 0 amide bonds. The molecule has 0 fully saturated rings. The van der Waals surface area contributed by atoms with Gasteiger partial charge >= 0.3 is 0 Å². The topological polar surface area (TPSA) is 74.8 Å². The molecule has 1 aromatic heterocycles. The van der Waals surface area contributed by atoms with Gasteiger partial charge < -0.3 is 0 Å². The van der Waals surface area contributed by atoms with Crippen LogP contribution in [0.25, 0.3) is 0 Å². The van der Waals surface area contributed by atoms with Crippen LogP contribution in [0.2, 0.25) is 0 Å². The van der Waals surface area contributed by atoms with Crippen molar-refractivity contribution in [2.24, 2.45) is 5.41 Å². The third-order valence-electron chi connectivity index (χ3n) is 3.75. The molecule has 0 aromatic carbocycles. The van der Waals surface area contributed by atoms with Gasteiger partial charge in [-0.15, -0.1) is 11.6 Å². The second-order valence-electron chi connectivity index (χ2n) is 4.93. The van der Waals surface area contributed by atoms with E-state index in [0.717, 1.165) is 12.8 Å². The molecule has 2 N–H and O–H groups in total. The number of rotatable bonds is 7. The largest absolute Gasteiger partial charge is 0.281 e. The first-order valence-electron chi connectivity index (χ1n) is 6.39. The third-order valence-corrected chi connectivity index (χ3v) is 5.98. The summed E-state index contributed by atoms with van der Waals surface area (Å²) in [4.78, 5) is 0.239. The molecule has 0 bridgehead atoms. The molecule has 0 aliphatic rings. The van der Waals surface area contributed by atoms with Crippen LogP contribution in [0, 0.1) is 19.3 Å². The van der Waals surface area contributed by atoms with Gasteiger partial charge in [0, 0.05) is 12.4 Å². The van der Waals surface area contributed by atoms with Crippen LogP contribution >= 0.6 is 11.6 Å². The Balaban J connectivity index is 2.93. The number of hydrogen-bond acceptors (Lipinski definition) is 3. The van der Waals surface area contributed by atoms with E-state index >= 15 is 0 Å². The van der Waals surface area contributed by atoms with Crippen molar-refractivity contribution in [3.8, 4) is 0 Å². The van der Waals surface area contributed by atoms with Crippen molar-refractivity contribution in [2.45, 2.75) is 45.4 Å². The van der Waals surface area contributed by atoms with Crippen LogP contribution < -0.4 is 4.72 Å². The Morgan fingerprint density at radius 1 is 1.32 bits per heavy atom. The maximum atomic E-state index is 12.3. The lowest BCUT2D eigenvalue weighted by atomic mass is 9.85. The summed E-state index contributed by atoms with van der Waals surface area (Å²) in [5, 5.41) is 6.60. The van der Waals surface area contributed by atoms with Gasteiger partial charge in [0.1, 0.15) is 4.90 Å². The molecular weight excluding hydrogens is 286 g/mol. The van der Waals surface area contributed by atoms with Crippen molar-refractivity contribution in [2.75, 3.05) is 12.4 Å². The van der Waals surface area contributed by atoms with Gasteiger partial charge in [-0.1, -0.05) is 13.8 Å². The third kappa shape index (κ3) is 3.49. The Morgan fingerprint density at radius 3 is 2.26 bits per heavy atom. The van der Waals surface area contributed by atoms with E-state index in [-0.39, 0.29) is 10.3 Å². The van der Waals surface area contributed by atoms with Crippen LogP contribution in [0.15, 0.2) is 4.90 Å². The zero-order valence-corrected chi connectivity index (χ0v) is 13.5. The minimum Gasteiger partial charge on any atom is -0.281 e. The van der Waals surface area contributed by atoms with Crippen LogP contribution in [0.4, 0.5) is 0 Å². The quantitative estimate of drug-likeness (QED) is 0.759. The molecule has 0 saturated heterocycles. The SMILES string of the molecule is CCC(CC)(CCl)CNS(=O)(=O)c1c(C)n[nH]c1C. The van der Waals surface area contributed by atoms with Crippen LogP contribution in [0.3, 0.4) is 0 Å². The predicted molar refractivity (Wildman–Crippen MR) is 77.0 cm³/mol. The highest BCUT2D eigenvalue weighted by Gasteiger charge is 2.29. The Labute approximate surface area is 120 Å². The second kappa shape index (κ2) is 6.24. The van der Waals surface area contributed by atoms with Gasteiger partial charge in [-0.25, -0.2) is 13.1 Å². The number of hydrogen-bond donors (Lipinski definition) is 2. The van der Waals surface area contributed by atoms with Crippen molar-refractivity contribution in [1.82, 2.24) is 14.9 Å². The van der Waals surface area contributed by atoms with Gasteiger partial charge in [0.25, 0.3) is 0 Å². The molecule has 110 valence electrons. The molecule has 0 unspecified atom stereocenters. The van der Waals surface area contributed by atoms with E-state index in [1.54, 1.807) is 13.8 Å². The predicted octanol–water partition coefficient (Wildman–Crippen LogP) is 2.35. The molecule has 7 heteroatoms. The number of aryl methyl sites for hydroxylation is 2. The molecule has 1 aromatic rings. The molecular formula is C12H22ClN3O2S. The number of aromatic nitrogens is 2. The molecule has 0 saturated carbocycles. The molecule has 19 heavy (non-hydrogen) atoms. The summed E-state index contributed by atoms with van der Waals surface area (Å²) >= 11 is 5.99. The Kier molecular flexibility index (Phi) is 5.41. The summed E-state index contributed by atoms with van der Waals surface area (Å²) in [5.41, 5.74) is 0.837. The summed E-state index contributed by atoms with van der Waals surface area (Å²) in [6, 6.07) is 0. The highest BCUT2D eigenvalue weighted by Crippen LogP contribution is 2.28. The molecule has 0 atom stereocenters. The lowest BCUT2D eigenvalue weighted by Crippen LogP contribution is -2.38. The molecule has 5 nitrogen and oxygen atoms in total. The number of aromatic amines is 1. The van der Waals surface area contributed by atoms with E-state index in [4.69, 9.17) is 11.6 Å². The van der Waals surface area contributed by atoms with Crippen molar-refractivity contribution < 1.29 is 8.42 Å². The molecule has 0 spiro atoms. The van der Waals surface area contributed by atoms with Crippen LogP contribution in [0.1, 0.15) is 38.1 Å². The highest BCUT2D eigenvalue weighted by atomic mass is 35.5. The highest BCUT2D eigenvalue weighted by molar-refractivity contribution is 7.89. The first-order valence-corrected chi connectivity index (χ1v) is 8.41. The fraction of sp³-hybridized carbons (Fsp3) is 0.750. The molecule has 1 heterocycles. The van der Waals surface area contributed by atoms with E-state index in [9.17, 15) is 8.42 Å². The fourth-order valence-electron chi connectivity index (χ4n) is 1.99. The average Bonchev–Trinajstić information content (AvgIpc) is 2.72. The van der Waals surface area contributed by atoms with E-state index < -0.39 is 10.0 Å². The van der Waals surface area contributed by atoms with Crippen molar-refractivity contribution in [3.63, 3.8) is 0 Å².